The number of hydrogen-bond donors (Lipinski definition) is 1. The fourth-order valence-electron chi connectivity index (χ4n) is 0.639. The lowest BCUT2D eigenvalue weighted by molar-refractivity contribution is 1.45. The minimum atomic E-state index is 0.846. The topological polar surface area (TPSA) is 49.8 Å². The average molecular weight is 227 g/mol. The van der Waals surface area contributed by atoms with Gasteiger partial charge in [-0.25, -0.2) is 0 Å². The molecule has 0 saturated carbocycles. The van der Waals surface area contributed by atoms with Gasteiger partial charge in [0.2, 0.25) is 0 Å². The molecule has 64 valence electrons. The van der Waals surface area contributed by atoms with E-state index in [4.69, 9.17) is 11.0 Å². The molecule has 2 nitrogen and oxygen atoms in total. The highest BCUT2D eigenvalue weighted by Crippen LogP contribution is 2.16. The second-order valence-electron chi connectivity index (χ2n) is 2.22. The van der Waals surface area contributed by atoms with Gasteiger partial charge in [-0.15, -0.1) is 0 Å². The number of benzene rings is 1. The van der Waals surface area contributed by atoms with Crippen LogP contribution in [0.5, 0.6) is 0 Å². The fraction of sp³-hybridized carbons (Fsp3) is 0.222. The molecule has 0 aromatic heterocycles. The lowest BCUT2D eigenvalue weighted by Gasteiger charge is -1.97. The van der Waals surface area contributed by atoms with Crippen LogP contribution < -0.4 is 5.73 Å². The minimum Gasteiger partial charge on any atom is -0.399 e. The first-order chi connectivity index (χ1) is 5.61. The second kappa shape index (κ2) is 5.62. The Hall–Kier alpha value is -1.01. The van der Waals surface area contributed by atoms with Gasteiger partial charge >= 0.3 is 0 Å². The fourth-order valence-corrected chi connectivity index (χ4v) is 1.11. The predicted octanol–water partition coefficient (Wildman–Crippen LogP) is 2.87. The van der Waals surface area contributed by atoms with E-state index in [1.165, 1.54) is 6.92 Å². The van der Waals surface area contributed by atoms with Gasteiger partial charge in [-0.3, -0.25) is 0 Å². The van der Waals surface area contributed by atoms with Crippen molar-refractivity contribution < 1.29 is 0 Å². The van der Waals surface area contributed by atoms with Gasteiger partial charge < -0.3 is 5.73 Å². The summed E-state index contributed by atoms with van der Waals surface area (Å²) in [5.41, 5.74) is 7.53. The van der Waals surface area contributed by atoms with Crippen molar-refractivity contribution in [3.63, 3.8) is 0 Å². The predicted molar refractivity (Wildman–Crippen MR) is 54.6 cm³/mol. The number of nitrogen functional groups attached to an aromatic ring is 1. The summed E-state index contributed by atoms with van der Waals surface area (Å²) in [5, 5.41) is 7.32. The molecule has 0 fully saturated rings. The highest BCUT2D eigenvalue weighted by atomic mass is 79.9. The van der Waals surface area contributed by atoms with Crippen molar-refractivity contribution in [3.05, 3.63) is 28.2 Å². The maximum absolute atomic E-state index is 7.32. The molecule has 0 radical (unpaired) electrons. The zero-order chi connectivity index (χ0) is 9.56. The van der Waals surface area contributed by atoms with Gasteiger partial charge in [-0.05, 0) is 30.7 Å². The standard InChI is InChI=1S/C7H8BrN.C2H3N/c1-5-4-6(8)2-3-7(5)9;1-2-3/h2-4H,9H2,1H3;1H3. The number of aryl methyl sites for hydroxylation is 1. The van der Waals surface area contributed by atoms with E-state index in [0.717, 1.165) is 15.7 Å². The highest BCUT2D eigenvalue weighted by molar-refractivity contribution is 9.10. The van der Waals surface area contributed by atoms with E-state index in [1.807, 2.05) is 25.1 Å². The number of hydrogen-bond acceptors (Lipinski definition) is 2. The van der Waals surface area contributed by atoms with E-state index in [2.05, 4.69) is 15.9 Å². The van der Waals surface area contributed by atoms with Gasteiger partial charge in [0.05, 0.1) is 6.07 Å². The first-order valence-corrected chi connectivity index (χ1v) is 4.23. The summed E-state index contributed by atoms with van der Waals surface area (Å²) in [4.78, 5) is 0. The molecule has 0 spiro atoms. The van der Waals surface area contributed by atoms with Gasteiger partial charge in [0, 0.05) is 17.1 Å². The molecule has 0 aliphatic rings. The van der Waals surface area contributed by atoms with Crippen LogP contribution in [-0.4, -0.2) is 0 Å². The highest BCUT2D eigenvalue weighted by Gasteiger charge is 1.90. The SMILES string of the molecule is CC#N.Cc1cc(Br)ccc1N. The molecule has 3 heteroatoms. The van der Waals surface area contributed by atoms with Crippen molar-refractivity contribution in [1.29, 1.82) is 5.26 Å². The number of anilines is 1. The van der Waals surface area contributed by atoms with Crippen LogP contribution in [-0.2, 0) is 0 Å². The molecule has 0 saturated heterocycles. The van der Waals surface area contributed by atoms with E-state index >= 15 is 0 Å². The maximum Gasteiger partial charge on any atom is 0.0587 e. The summed E-state index contributed by atoms with van der Waals surface area (Å²) in [6.07, 6.45) is 0. The number of nitrogens with zero attached hydrogens (tertiary/aromatic N) is 1. The lowest BCUT2D eigenvalue weighted by atomic mass is 10.2. The Morgan fingerprint density at radius 1 is 1.50 bits per heavy atom. The molecule has 12 heavy (non-hydrogen) atoms. The summed E-state index contributed by atoms with van der Waals surface area (Å²) in [6, 6.07) is 7.57. The van der Waals surface area contributed by atoms with Gasteiger partial charge in [0.15, 0.2) is 0 Å². The third-order valence-electron chi connectivity index (χ3n) is 1.23. The Balaban J connectivity index is 0.000000354. The Bertz CT molecular complexity index is 289. The first-order valence-electron chi connectivity index (χ1n) is 3.44. The zero-order valence-electron chi connectivity index (χ0n) is 7.13. The quantitative estimate of drug-likeness (QED) is 0.692. The molecule has 0 aliphatic carbocycles. The molecule has 2 N–H and O–H groups in total. The van der Waals surface area contributed by atoms with E-state index in [9.17, 15) is 0 Å². The molecular formula is C9H11BrN2. The van der Waals surface area contributed by atoms with E-state index in [-0.39, 0.29) is 0 Å². The van der Waals surface area contributed by atoms with Gasteiger partial charge in [-0.1, -0.05) is 15.9 Å². The minimum absolute atomic E-state index is 0.846. The molecule has 0 heterocycles. The molecule has 0 unspecified atom stereocenters. The average Bonchev–Trinajstić information content (AvgIpc) is 1.99. The molecule has 1 rings (SSSR count). The van der Waals surface area contributed by atoms with E-state index in [1.54, 1.807) is 6.07 Å². The second-order valence-corrected chi connectivity index (χ2v) is 3.14. The molecular weight excluding hydrogens is 216 g/mol. The molecule has 0 aliphatic heterocycles. The summed E-state index contributed by atoms with van der Waals surface area (Å²) in [5.74, 6) is 0. The smallest absolute Gasteiger partial charge is 0.0587 e. The summed E-state index contributed by atoms with van der Waals surface area (Å²) in [7, 11) is 0. The zero-order valence-corrected chi connectivity index (χ0v) is 8.72. The molecule has 0 bridgehead atoms. The molecule has 1 aromatic rings. The Kier molecular flexibility index (Phi) is 5.14. The number of nitrogens with two attached hydrogens (primary N) is 1. The van der Waals surface area contributed by atoms with Gasteiger partial charge in [0.1, 0.15) is 0 Å². The van der Waals surface area contributed by atoms with Crippen molar-refractivity contribution in [2.75, 3.05) is 5.73 Å². The monoisotopic (exact) mass is 226 g/mol. The van der Waals surface area contributed by atoms with Gasteiger partial charge in [-0.2, -0.15) is 5.26 Å². The summed E-state index contributed by atoms with van der Waals surface area (Å²) >= 11 is 3.34. The van der Waals surface area contributed by atoms with Crippen molar-refractivity contribution in [2.24, 2.45) is 0 Å². The Morgan fingerprint density at radius 2 is 2.00 bits per heavy atom. The van der Waals surface area contributed by atoms with Crippen LogP contribution in [0, 0.1) is 18.3 Å². The largest absolute Gasteiger partial charge is 0.399 e. The van der Waals surface area contributed by atoms with Crippen LogP contribution in [0.15, 0.2) is 22.7 Å². The Morgan fingerprint density at radius 3 is 2.33 bits per heavy atom. The molecule has 0 atom stereocenters. The summed E-state index contributed by atoms with van der Waals surface area (Å²) in [6.45, 7) is 3.42. The Labute approximate surface area is 81.1 Å². The third-order valence-corrected chi connectivity index (χ3v) is 1.73. The number of halogens is 1. The number of rotatable bonds is 0. The van der Waals surface area contributed by atoms with Crippen LogP contribution in [0.25, 0.3) is 0 Å². The van der Waals surface area contributed by atoms with Gasteiger partial charge in [0.25, 0.3) is 0 Å². The van der Waals surface area contributed by atoms with Crippen LogP contribution in [0.2, 0.25) is 0 Å². The lowest BCUT2D eigenvalue weighted by Crippen LogP contribution is -1.87. The van der Waals surface area contributed by atoms with E-state index in [0.29, 0.717) is 0 Å². The number of nitriles is 1. The van der Waals surface area contributed by atoms with Crippen LogP contribution in [0.3, 0.4) is 0 Å². The van der Waals surface area contributed by atoms with Crippen LogP contribution >= 0.6 is 15.9 Å². The maximum atomic E-state index is 7.32. The normalized spacial score (nSPS) is 7.83. The van der Waals surface area contributed by atoms with Crippen molar-refractivity contribution >= 4 is 21.6 Å². The van der Waals surface area contributed by atoms with Crippen molar-refractivity contribution in [3.8, 4) is 6.07 Å². The van der Waals surface area contributed by atoms with Crippen LogP contribution in [0.1, 0.15) is 12.5 Å². The third kappa shape index (κ3) is 3.99. The molecule has 1 aromatic carbocycles. The van der Waals surface area contributed by atoms with Crippen molar-refractivity contribution in [1.82, 2.24) is 0 Å². The van der Waals surface area contributed by atoms with Crippen LogP contribution in [0.4, 0.5) is 5.69 Å². The summed E-state index contributed by atoms with van der Waals surface area (Å²) < 4.78 is 1.08. The molecule has 0 amide bonds. The van der Waals surface area contributed by atoms with E-state index < -0.39 is 0 Å². The van der Waals surface area contributed by atoms with Crippen molar-refractivity contribution in [2.45, 2.75) is 13.8 Å². The first kappa shape index (κ1) is 11.0.